The molecular formula is C21H24N2S. The van der Waals surface area contributed by atoms with E-state index < -0.39 is 0 Å². The fourth-order valence-corrected chi connectivity index (χ4v) is 3.70. The first-order valence-corrected chi connectivity index (χ1v) is 9.27. The van der Waals surface area contributed by atoms with Crippen LogP contribution in [-0.4, -0.2) is 4.98 Å². The normalized spacial score (nSPS) is 12.3. The molecule has 24 heavy (non-hydrogen) atoms. The Balaban J connectivity index is 1.60. The van der Waals surface area contributed by atoms with E-state index in [0.717, 1.165) is 18.7 Å². The highest BCUT2D eigenvalue weighted by atomic mass is 32.1. The molecule has 0 amide bonds. The van der Waals surface area contributed by atoms with Crippen LogP contribution in [0.3, 0.4) is 0 Å². The second-order valence-electron chi connectivity index (χ2n) is 6.36. The SMILES string of the molecule is Cc1ccc(C)c([C@H](C)NCc2csc(Cc3ccccc3)n2)c1. The van der Waals surface area contributed by atoms with Crippen molar-refractivity contribution in [3.8, 4) is 0 Å². The predicted molar refractivity (Wildman–Crippen MR) is 103 cm³/mol. The molecule has 0 aliphatic carbocycles. The molecule has 0 spiro atoms. The zero-order valence-electron chi connectivity index (χ0n) is 14.5. The van der Waals surface area contributed by atoms with Crippen molar-refractivity contribution in [2.24, 2.45) is 0 Å². The monoisotopic (exact) mass is 336 g/mol. The van der Waals surface area contributed by atoms with E-state index in [4.69, 9.17) is 4.98 Å². The summed E-state index contributed by atoms with van der Waals surface area (Å²) in [4.78, 5) is 4.77. The summed E-state index contributed by atoms with van der Waals surface area (Å²) >= 11 is 1.75. The van der Waals surface area contributed by atoms with E-state index >= 15 is 0 Å². The van der Waals surface area contributed by atoms with Gasteiger partial charge in [-0.25, -0.2) is 4.98 Å². The van der Waals surface area contributed by atoms with Crippen molar-refractivity contribution in [1.82, 2.24) is 10.3 Å². The van der Waals surface area contributed by atoms with E-state index in [0.29, 0.717) is 6.04 Å². The molecule has 3 rings (SSSR count). The Hall–Kier alpha value is -1.97. The summed E-state index contributed by atoms with van der Waals surface area (Å²) < 4.78 is 0. The average molecular weight is 337 g/mol. The van der Waals surface area contributed by atoms with Gasteiger partial charge >= 0.3 is 0 Å². The van der Waals surface area contributed by atoms with Crippen LogP contribution in [0.4, 0.5) is 0 Å². The molecule has 0 aliphatic heterocycles. The Kier molecular flexibility index (Phi) is 5.44. The van der Waals surface area contributed by atoms with Gasteiger partial charge in [-0.3, -0.25) is 0 Å². The average Bonchev–Trinajstić information content (AvgIpc) is 3.03. The third-order valence-corrected chi connectivity index (χ3v) is 5.19. The summed E-state index contributed by atoms with van der Waals surface area (Å²) in [6.45, 7) is 7.35. The van der Waals surface area contributed by atoms with Crippen LogP contribution in [0.5, 0.6) is 0 Å². The molecular weight excluding hydrogens is 312 g/mol. The molecule has 2 aromatic carbocycles. The predicted octanol–water partition coefficient (Wildman–Crippen LogP) is 5.20. The molecule has 0 radical (unpaired) electrons. The Morgan fingerprint density at radius 3 is 2.67 bits per heavy atom. The molecule has 0 saturated heterocycles. The maximum atomic E-state index is 4.77. The van der Waals surface area contributed by atoms with Crippen LogP contribution in [0, 0.1) is 13.8 Å². The van der Waals surface area contributed by atoms with Crippen molar-refractivity contribution in [2.45, 2.75) is 39.8 Å². The number of rotatable bonds is 6. The standard InChI is InChI=1S/C21H24N2S/c1-15-9-10-16(2)20(11-15)17(3)22-13-19-14-24-21(23-19)12-18-7-5-4-6-8-18/h4-11,14,17,22H,12-13H2,1-3H3/t17-/m0/s1. The molecule has 1 aromatic heterocycles. The van der Waals surface area contributed by atoms with Crippen LogP contribution in [-0.2, 0) is 13.0 Å². The minimum atomic E-state index is 0.323. The largest absolute Gasteiger partial charge is 0.305 e. The number of hydrogen-bond donors (Lipinski definition) is 1. The molecule has 0 bridgehead atoms. The summed E-state index contributed by atoms with van der Waals surface area (Å²) in [5.74, 6) is 0. The van der Waals surface area contributed by atoms with E-state index in [2.05, 4.69) is 80.0 Å². The van der Waals surface area contributed by atoms with Crippen molar-refractivity contribution in [3.63, 3.8) is 0 Å². The molecule has 0 aliphatic rings. The number of aryl methyl sites for hydroxylation is 2. The third kappa shape index (κ3) is 4.31. The van der Waals surface area contributed by atoms with Crippen molar-refractivity contribution in [3.05, 3.63) is 86.9 Å². The quantitative estimate of drug-likeness (QED) is 0.669. The topological polar surface area (TPSA) is 24.9 Å². The van der Waals surface area contributed by atoms with Gasteiger partial charge in [-0.15, -0.1) is 11.3 Å². The lowest BCUT2D eigenvalue weighted by molar-refractivity contribution is 0.566. The highest BCUT2D eigenvalue weighted by Crippen LogP contribution is 2.20. The molecule has 3 heteroatoms. The molecule has 124 valence electrons. The molecule has 3 aromatic rings. The van der Waals surface area contributed by atoms with Crippen LogP contribution >= 0.6 is 11.3 Å². The molecule has 0 unspecified atom stereocenters. The lowest BCUT2D eigenvalue weighted by atomic mass is 10.00. The summed E-state index contributed by atoms with van der Waals surface area (Å²) in [7, 11) is 0. The van der Waals surface area contributed by atoms with Crippen LogP contribution in [0.1, 0.15) is 45.9 Å². The number of nitrogens with zero attached hydrogens (tertiary/aromatic N) is 1. The van der Waals surface area contributed by atoms with Gasteiger partial charge in [-0.2, -0.15) is 0 Å². The molecule has 0 fully saturated rings. The van der Waals surface area contributed by atoms with Crippen LogP contribution in [0.25, 0.3) is 0 Å². The van der Waals surface area contributed by atoms with Crippen molar-refractivity contribution in [1.29, 1.82) is 0 Å². The van der Waals surface area contributed by atoms with Gasteiger partial charge < -0.3 is 5.32 Å². The first kappa shape index (κ1) is 16.9. The molecule has 0 saturated carbocycles. The molecule has 1 N–H and O–H groups in total. The number of nitrogens with one attached hydrogen (secondary N) is 1. The number of benzene rings is 2. The molecule has 1 heterocycles. The molecule has 1 atom stereocenters. The second-order valence-corrected chi connectivity index (χ2v) is 7.30. The van der Waals surface area contributed by atoms with Gasteiger partial charge in [0.15, 0.2) is 0 Å². The highest BCUT2D eigenvalue weighted by Gasteiger charge is 2.10. The fraction of sp³-hybridized carbons (Fsp3) is 0.286. The van der Waals surface area contributed by atoms with Gasteiger partial charge in [0.05, 0.1) is 10.7 Å². The maximum Gasteiger partial charge on any atom is 0.0972 e. The Labute approximate surface area is 148 Å². The summed E-state index contributed by atoms with van der Waals surface area (Å²) in [6, 6.07) is 17.5. The number of hydrogen-bond acceptors (Lipinski definition) is 3. The molecule has 2 nitrogen and oxygen atoms in total. The Bertz CT molecular complexity index is 793. The minimum absolute atomic E-state index is 0.323. The zero-order valence-corrected chi connectivity index (χ0v) is 15.4. The van der Waals surface area contributed by atoms with E-state index in [9.17, 15) is 0 Å². The van der Waals surface area contributed by atoms with E-state index in [-0.39, 0.29) is 0 Å². The number of thiazole rings is 1. The van der Waals surface area contributed by atoms with Crippen molar-refractivity contribution < 1.29 is 0 Å². The van der Waals surface area contributed by atoms with Gasteiger partial charge in [-0.1, -0.05) is 54.1 Å². The van der Waals surface area contributed by atoms with Crippen LogP contribution in [0.2, 0.25) is 0 Å². The van der Waals surface area contributed by atoms with Crippen molar-refractivity contribution in [2.75, 3.05) is 0 Å². The van der Waals surface area contributed by atoms with E-state index in [1.54, 1.807) is 11.3 Å². The summed E-state index contributed by atoms with van der Waals surface area (Å²) in [5.41, 5.74) is 6.46. The first-order chi connectivity index (χ1) is 11.6. The van der Waals surface area contributed by atoms with E-state index in [1.807, 2.05) is 0 Å². The van der Waals surface area contributed by atoms with Crippen LogP contribution in [0.15, 0.2) is 53.9 Å². The second kappa shape index (κ2) is 7.73. The Morgan fingerprint density at radius 1 is 1.08 bits per heavy atom. The Morgan fingerprint density at radius 2 is 1.88 bits per heavy atom. The van der Waals surface area contributed by atoms with Gasteiger partial charge in [0.1, 0.15) is 0 Å². The zero-order chi connectivity index (χ0) is 16.9. The summed E-state index contributed by atoms with van der Waals surface area (Å²) in [5, 5.41) is 6.95. The van der Waals surface area contributed by atoms with Crippen LogP contribution < -0.4 is 5.32 Å². The maximum absolute atomic E-state index is 4.77. The number of aromatic nitrogens is 1. The third-order valence-electron chi connectivity index (χ3n) is 4.29. The fourth-order valence-electron chi connectivity index (χ4n) is 2.88. The highest BCUT2D eigenvalue weighted by molar-refractivity contribution is 7.09. The smallest absolute Gasteiger partial charge is 0.0972 e. The van der Waals surface area contributed by atoms with Gasteiger partial charge in [0, 0.05) is 24.4 Å². The van der Waals surface area contributed by atoms with Crippen molar-refractivity contribution >= 4 is 11.3 Å². The van der Waals surface area contributed by atoms with Gasteiger partial charge in [0.25, 0.3) is 0 Å². The van der Waals surface area contributed by atoms with Gasteiger partial charge in [0.2, 0.25) is 0 Å². The van der Waals surface area contributed by atoms with E-state index in [1.165, 1.54) is 27.3 Å². The lowest BCUT2D eigenvalue weighted by Crippen LogP contribution is -2.19. The minimum Gasteiger partial charge on any atom is -0.305 e. The lowest BCUT2D eigenvalue weighted by Gasteiger charge is -2.16. The first-order valence-electron chi connectivity index (χ1n) is 8.39. The van der Waals surface area contributed by atoms with Gasteiger partial charge in [-0.05, 0) is 37.5 Å². The summed E-state index contributed by atoms with van der Waals surface area (Å²) in [6.07, 6.45) is 0.915.